The van der Waals surface area contributed by atoms with Crippen LogP contribution in [0.1, 0.15) is 30.5 Å². The Hall–Kier alpha value is -3.85. The van der Waals surface area contributed by atoms with Crippen molar-refractivity contribution in [3.63, 3.8) is 0 Å². The molecule has 10 heteroatoms. The Bertz CT molecular complexity index is 1720. The van der Waals surface area contributed by atoms with E-state index in [-0.39, 0.29) is 45.4 Å². The minimum absolute atomic E-state index is 0.00700. The lowest BCUT2D eigenvalue weighted by Gasteiger charge is -2.34. The van der Waals surface area contributed by atoms with E-state index in [1.807, 2.05) is 75.4 Å². The second kappa shape index (κ2) is 15.4. The molecule has 0 heterocycles. The van der Waals surface area contributed by atoms with Crippen molar-refractivity contribution >= 4 is 50.7 Å². The van der Waals surface area contributed by atoms with Gasteiger partial charge in [0.1, 0.15) is 12.6 Å². The summed E-state index contributed by atoms with van der Waals surface area (Å²) < 4.78 is 29.2. The Morgan fingerprint density at radius 3 is 2.09 bits per heavy atom. The van der Waals surface area contributed by atoms with Crippen molar-refractivity contribution in [2.75, 3.05) is 17.4 Å². The van der Waals surface area contributed by atoms with Crippen molar-refractivity contribution in [2.45, 2.75) is 44.7 Å². The van der Waals surface area contributed by atoms with Crippen molar-refractivity contribution in [3.05, 3.63) is 130 Å². The Morgan fingerprint density at radius 2 is 1.44 bits per heavy atom. The number of nitrogens with zero attached hydrogens (tertiary/aromatic N) is 2. The summed E-state index contributed by atoms with van der Waals surface area (Å²) in [5, 5.41) is 3.13. The van der Waals surface area contributed by atoms with E-state index in [0.717, 1.165) is 21.0 Å². The maximum Gasteiger partial charge on any atom is 0.264 e. The average molecular weight is 667 g/mol. The number of halogens is 2. The van der Waals surface area contributed by atoms with Crippen LogP contribution in [0.5, 0.6) is 0 Å². The lowest BCUT2D eigenvalue weighted by Crippen LogP contribution is -2.53. The van der Waals surface area contributed by atoms with Gasteiger partial charge in [0.2, 0.25) is 11.8 Å². The molecule has 7 nitrogen and oxygen atoms in total. The van der Waals surface area contributed by atoms with Crippen LogP contribution in [0.2, 0.25) is 10.0 Å². The molecule has 236 valence electrons. The first-order valence-electron chi connectivity index (χ1n) is 14.7. The van der Waals surface area contributed by atoms with Crippen LogP contribution in [0.4, 0.5) is 5.69 Å². The number of anilines is 1. The van der Waals surface area contributed by atoms with E-state index in [4.69, 9.17) is 23.2 Å². The zero-order valence-corrected chi connectivity index (χ0v) is 27.8. The van der Waals surface area contributed by atoms with Gasteiger partial charge in [-0.25, -0.2) is 8.42 Å². The fourth-order valence-corrected chi connectivity index (χ4v) is 6.76. The molecule has 0 fully saturated rings. The van der Waals surface area contributed by atoms with Crippen LogP contribution in [-0.2, 0) is 32.6 Å². The number of hydrogen-bond donors (Lipinski definition) is 1. The molecule has 1 N–H and O–H groups in total. The van der Waals surface area contributed by atoms with Crippen molar-refractivity contribution < 1.29 is 18.0 Å². The van der Waals surface area contributed by atoms with E-state index >= 15 is 0 Å². The predicted octanol–water partition coefficient (Wildman–Crippen LogP) is 6.91. The molecule has 0 spiro atoms. The van der Waals surface area contributed by atoms with Gasteiger partial charge in [-0.1, -0.05) is 116 Å². The predicted molar refractivity (Wildman–Crippen MR) is 181 cm³/mol. The summed E-state index contributed by atoms with van der Waals surface area (Å²) in [4.78, 5) is 29.9. The lowest BCUT2D eigenvalue weighted by molar-refractivity contribution is -0.140. The molecular formula is C35H37Cl2N3O4S. The van der Waals surface area contributed by atoms with Gasteiger partial charge < -0.3 is 10.2 Å². The van der Waals surface area contributed by atoms with Crippen molar-refractivity contribution in [2.24, 2.45) is 5.92 Å². The van der Waals surface area contributed by atoms with Gasteiger partial charge in [0.25, 0.3) is 10.0 Å². The molecule has 2 amide bonds. The molecule has 0 aliphatic heterocycles. The molecule has 0 saturated heterocycles. The van der Waals surface area contributed by atoms with Gasteiger partial charge in [-0.3, -0.25) is 13.9 Å². The minimum Gasteiger partial charge on any atom is -0.354 e. The third-order valence-electron chi connectivity index (χ3n) is 7.37. The molecule has 0 unspecified atom stereocenters. The zero-order valence-electron chi connectivity index (χ0n) is 25.5. The summed E-state index contributed by atoms with van der Waals surface area (Å²) >= 11 is 12.9. The van der Waals surface area contributed by atoms with Crippen LogP contribution in [0.25, 0.3) is 0 Å². The van der Waals surface area contributed by atoms with Gasteiger partial charge in [-0.2, -0.15) is 0 Å². The van der Waals surface area contributed by atoms with Crippen LogP contribution < -0.4 is 9.62 Å². The summed E-state index contributed by atoms with van der Waals surface area (Å²) in [6, 6.07) is 28.5. The van der Waals surface area contributed by atoms with E-state index in [1.165, 1.54) is 23.1 Å². The van der Waals surface area contributed by atoms with Crippen LogP contribution >= 0.6 is 23.2 Å². The van der Waals surface area contributed by atoms with Gasteiger partial charge in [0.05, 0.1) is 20.6 Å². The summed E-state index contributed by atoms with van der Waals surface area (Å²) in [5.74, 6) is -0.717. The molecule has 4 aromatic carbocycles. The lowest BCUT2D eigenvalue weighted by atomic mass is 10.0. The van der Waals surface area contributed by atoms with Gasteiger partial charge in [0.15, 0.2) is 0 Å². The highest BCUT2D eigenvalue weighted by atomic mass is 35.5. The van der Waals surface area contributed by atoms with Crippen molar-refractivity contribution in [3.8, 4) is 0 Å². The van der Waals surface area contributed by atoms with Gasteiger partial charge in [-0.05, 0) is 53.8 Å². The summed E-state index contributed by atoms with van der Waals surface area (Å²) in [6.07, 6.45) is 0.228. The summed E-state index contributed by atoms with van der Waals surface area (Å²) in [7, 11) is -4.29. The standard InChI is InChI=1S/C35H37Cl2N3O4S/c1-25(2)22-38-35(42)32(21-27-14-6-4-7-15-27)39(23-28-16-11-10-13-26(28)3)33(41)24-40(31-20-12-19-30(36)34(31)37)45(43,44)29-17-8-5-9-18-29/h4-20,25,32H,21-24H2,1-3H3,(H,38,42)/t32-/m0/s1. The van der Waals surface area contributed by atoms with E-state index in [1.54, 1.807) is 30.3 Å². The fourth-order valence-electron chi connectivity index (χ4n) is 4.87. The largest absolute Gasteiger partial charge is 0.354 e. The zero-order chi connectivity index (χ0) is 32.6. The summed E-state index contributed by atoms with van der Waals surface area (Å²) in [6.45, 7) is 5.80. The molecule has 4 aromatic rings. The molecule has 0 aliphatic carbocycles. The fraction of sp³-hybridized carbons (Fsp3) is 0.257. The number of rotatable bonds is 13. The van der Waals surface area contributed by atoms with Gasteiger partial charge >= 0.3 is 0 Å². The SMILES string of the molecule is Cc1ccccc1CN(C(=O)CN(c1cccc(Cl)c1Cl)S(=O)(=O)c1ccccc1)[C@@H](Cc1ccccc1)C(=O)NCC(C)C. The Kier molecular flexibility index (Phi) is 11.7. The first-order chi connectivity index (χ1) is 21.5. The third-order valence-corrected chi connectivity index (χ3v) is 9.95. The molecule has 45 heavy (non-hydrogen) atoms. The van der Waals surface area contributed by atoms with Crippen LogP contribution in [-0.4, -0.2) is 44.3 Å². The quantitative estimate of drug-likeness (QED) is 0.168. The number of sulfonamides is 1. The smallest absolute Gasteiger partial charge is 0.264 e. The second-order valence-electron chi connectivity index (χ2n) is 11.2. The molecule has 1 atom stereocenters. The van der Waals surface area contributed by atoms with Crippen LogP contribution in [0, 0.1) is 12.8 Å². The highest BCUT2D eigenvalue weighted by Crippen LogP contribution is 2.35. The molecule has 0 bridgehead atoms. The normalized spacial score (nSPS) is 12.0. The molecule has 4 rings (SSSR count). The maximum atomic E-state index is 14.6. The number of carbonyl (C=O) groups excluding carboxylic acids is 2. The molecule has 0 saturated carbocycles. The molecule has 0 radical (unpaired) electrons. The van der Waals surface area contributed by atoms with Crippen LogP contribution in [0.3, 0.4) is 0 Å². The number of nitrogens with one attached hydrogen (secondary N) is 1. The van der Waals surface area contributed by atoms with Gasteiger partial charge in [-0.15, -0.1) is 0 Å². The Balaban J connectivity index is 1.83. The maximum absolute atomic E-state index is 14.6. The molecule has 0 aliphatic rings. The third kappa shape index (κ3) is 8.66. The number of carbonyl (C=O) groups is 2. The highest BCUT2D eigenvalue weighted by Gasteiger charge is 2.35. The number of benzene rings is 4. The Labute approximate surface area is 275 Å². The van der Waals surface area contributed by atoms with Gasteiger partial charge in [0, 0.05) is 19.5 Å². The Morgan fingerprint density at radius 1 is 0.822 bits per heavy atom. The topological polar surface area (TPSA) is 86.8 Å². The second-order valence-corrected chi connectivity index (χ2v) is 13.8. The highest BCUT2D eigenvalue weighted by molar-refractivity contribution is 7.92. The minimum atomic E-state index is -4.29. The number of hydrogen-bond acceptors (Lipinski definition) is 4. The monoisotopic (exact) mass is 665 g/mol. The van der Waals surface area contributed by atoms with E-state index < -0.39 is 28.5 Å². The first kappa shape index (κ1) is 34.0. The molecule has 0 aromatic heterocycles. The van der Waals surface area contributed by atoms with E-state index in [9.17, 15) is 18.0 Å². The average Bonchev–Trinajstić information content (AvgIpc) is 3.03. The summed E-state index contributed by atoms with van der Waals surface area (Å²) in [5.41, 5.74) is 2.68. The van der Waals surface area contributed by atoms with Crippen molar-refractivity contribution in [1.29, 1.82) is 0 Å². The van der Waals surface area contributed by atoms with E-state index in [2.05, 4.69) is 5.32 Å². The number of amides is 2. The van der Waals surface area contributed by atoms with E-state index in [0.29, 0.717) is 6.54 Å². The molecular weight excluding hydrogens is 629 g/mol. The van der Waals surface area contributed by atoms with Crippen LogP contribution in [0.15, 0.2) is 108 Å². The van der Waals surface area contributed by atoms with Crippen molar-refractivity contribution in [1.82, 2.24) is 10.2 Å². The first-order valence-corrected chi connectivity index (χ1v) is 16.9. The number of aryl methyl sites for hydroxylation is 1.